The Balaban J connectivity index is 1.55. The molecule has 1 saturated heterocycles. The maximum absolute atomic E-state index is 13.8. The summed E-state index contributed by atoms with van der Waals surface area (Å²) >= 11 is 0. The van der Waals surface area contributed by atoms with Gasteiger partial charge in [-0.15, -0.1) is 5.06 Å². The Bertz CT molecular complexity index is 1400. The molecule has 0 aliphatic carbocycles. The number of rotatable bonds is 10. The highest BCUT2D eigenvalue weighted by atomic mass is 16.8. The van der Waals surface area contributed by atoms with Gasteiger partial charge in [0.2, 0.25) is 5.91 Å². The molecular formula is C31H41N7O7. The zero-order valence-corrected chi connectivity index (χ0v) is 26.4. The minimum Gasteiger partial charge on any atom is -0.460 e. The van der Waals surface area contributed by atoms with E-state index in [4.69, 9.17) is 19.3 Å². The lowest BCUT2D eigenvalue weighted by molar-refractivity contribution is -0.158. The summed E-state index contributed by atoms with van der Waals surface area (Å²) < 4.78 is 10.3. The summed E-state index contributed by atoms with van der Waals surface area (Å²) in [5.74, 6) is 0.200. The van der Waals surface area contributed by atoms with Crippen LogP contribution in [0, 0.1) is 0 Å². The highest BCUT2D eigenvalue weighted by Crippen LogP contribution is 2.22. The van der Waals surface area contributed by atoms with Gasteiger partial charge in [0.15, 0.2) is 5.82 Å². The fraction of sp³-hybridized carbons (Fsp3) is 0.516. The van der Waals surface area contributed by atoms with Gasteiger partial charge in [-0.05, 0) is 41.0 Å². The molecule has 4 rings (SSSR count). The van der Waals surface area contributed by atoms with Gasteiger partial charge in [-0.3, -0.25) is 19.4 Å². The third-order valence-electron chi connectivity index (χ3n) is 6.99. The van der Waals surface area contributed by atoms with Crippen LogP contribution in [0.25, 0.3) is 11.4 Å². The second-order valence-electron chi connectivity index (χ2n) is 11.6. The zero-order chi connectivity index (χ0) is 32.6. The van der Waals surface area contributed by atoms with Crippen molar-refractivity contribution in [2.24, 2.45) is 4.99 Å². The standard InChI is InChI=1S/C31H41N7O7/c1-6-43-30(42)45-37-18-16-36(17-19-37)29(41)23(12-13-26(39)44-31(3,4)5)34-28(40)24-20-25(38-15-14-32-21(38)2)35-27(33-24)22-10-8-7-9-11-22/h7-11,20,23H,6,12-19H2,1-5H3,(H,34,40)/t23-/m0/s1. The van der Waals surface area contributed by atoms with Crippen molar-refractivity contribution in [3.05, 3.63) is 42.1 Å². The van der Waals surface area contributed by atoms with Gasteiger partial charge in [0.05, 0.1) is 26.2 Å². The summed E-state index contributed by atoms with van der Waals surface area (Å²) in [5.41, 5.74) is 0.0982. The van der Waals surface area contributed by atoms with Crippen LogP contribution in [0.3, 0.4) is 0 Å². The Labute approximate surface area is 262 Å². The lowest BCUT2D eigenvalue weighted by atomic mass is 10.1. The first-order valence-electron chi connectivity index (χ1n) is 15.1. The summed E-state index contributed by atoms with van der Waals surface area (Å²) in [4.78, 5) is 74.1. The van der Waals surface area contributed by atoms with Crippen molar-refractivity contribution in [2.45, 2.75) is 59.1 Å². The number of hydrogen-bond donors (Lipinski definition) is 1. The highest BCUT2D eigenvalue weighted by Gasteiger charge is 2.32. The van der Waals surface area contributed by atoms with Crippen LogP contribution >= 0.6 is 0 Å². The van der Waals surface area contributed by atoms with Crippen molar-refractivity contribution in [2.75, 3.05) is 50.8 Å². The van der Waals surface area contributed by atoms with E-state index in [0.717, 1.165) is 11.4 Å². The number of anilines is 1. The van der Waals surface area contributed by atoms with Crippen LogP contribution in [0.5, 0.6) is 0 Å². The van der Waals surface area contributed by atoms with Gasteiger partial charge in [0, 0.05) is 37.7 Å². The van der Waals surface area contributed by atoms with Crippen LogP contribution in [0.15, 0.2) is 41.4 Å². The molecule has 1 atom stereocenters. The molecule has 45 heavy (non-hydrogen) atoms. The number of amides is 2. The summed E-state index contributed by atoms with van der Waals surface area (Å²) in [5, 5.41) is 4.24. The number of carbonyl (C=O) groups excluding carboxylic acids is 4. The first-order valence-corrected chi connectivity index (χ1v) is 15.1. The van der Waals surface area contributed by atoms with E-state index in [0.29, 0.717) is 24.7 Å². The van der Waals surface area contributed by atoms with Gasteiger partial charge in [-0.1, -0.05) is 30.3 Å². The Morgan fingerprint density at radius 1 is 1.00 bits per heavy atom. The predicted octanol–water partition coefficient (Wildman–Crippen LogP) is 2.83. The predicted molar refractivity (Wildman–Crippen MR) is 165 cm³/mol. The Hall–Kier alpha value is -4.59. The van der Waals surface area contributed by atoms with E-state index in [9.17, 15) is 19.2 Å². The number of hydroxylamine groups is 2. The molecule has 242 valence electrons. The normalized spacial score (nSPS) is 16.1. The Morgan fingerprint density at radius 2 is 1.71 bits per heavy atom. The molecule has 2 aromatic rings. The number of piperazine rings is 1. The second-order valence-corrected chi connectivity index (χ2v) is 11.6. The SMILES string of the molecule is CCOC(=O)ON1CCN(C(=O)[C@H](CCC(=O)OC(C)(C)C)NC(=O)c2cc(N3CCN=C3C)nc(-c3ccccc3)n2)CC1. The molecule has 1 N–H and O–H groups in total. The molecule has 0 saturated carbocycles. The number of carbonyl (C=O) groups is 4. The minimum absolute atomic E-state index is 0.0143. The van der Waals surface area contributed by atoms with Crippen molar-refractivity contribution >= 4 is 35.6 Å². The van der Waals surface area contributed by atoms with Gasteiger partial charge in [-0.2, -0.15) is 0 Å². The minimum atomic E-state index is -1.05. The molecule has 0 unspecified atom stereocenters. The van der Waals surface area contributed by atoms with Crippen molar-refractivity contribution in [3.8, 4) is 11.4 Å². The molecular weight excluding hydrogens is 582 g/mol. The number of nitrogens with zero attached hydrogens (tertiary/aromatic N) is 6. The number of hydrogen-bond acceptors (Lipinski definition) is 12. The summed E-state index contributed by atoms with van der Waals surface area (Å²) in [7, 11) is 0. The van der Waals surface area contributed by atoms with Crippen LogP contribution < -0.4 is 10.2 Å². The lowest BCUT2D eigenvalue weighted by Crippen LogP contribution is -2.55. The van der Waals surface area contributed by atoms with Crippen LogP contribution in [-0.4, -0.2) is 107 Å². The molecule has 0 radical (unpaired) electrons. The fourth-order valence-electron chi connectivity index (χ4n) is 4.86. The summed E-state index contributed by atoms with van der Waals surface area (Å²) in [6, 6.07) is 9.83. The summed E-state index contributed by atoms with van der Waals surface area (Å²) in [6.45, 7) is 11.2. The molecule has 0 bridgehead atoms. The average molecular weight is 624 g/mol. The van der Waals surface area contributed by atoms with Crippen LogP contribution in [0.2, 0.25) is 0 Å². The first-order chi connectivity index (χ1) is 21.4. The van der Waals surface area contributed by atoms with E-state index in [2.05, 4.69) is 15.3 Å². The highest BCUT2D eigenvalue weighted by molar-refractivity contribution is 6.00. The van der Waals surface area contributed by atoms with Crippen LogP contribution in [-0.2, 0) is 23.9 Å². The molecule has 3 heterocycles. The van der Waals surface area contributed by atoms with Crippen molar-refractivity contribution < 1.29 is 33.5 Å². The second kappa shape index (κ2) is 14.9. The molecule has 14 nitrogen and oxygen atoms in total. The third kappa shape index (κ3) is 9.45. The molecule has 1 aromatic carbocycles. The number of nitrogens with one attached hydrogen (secondary N) is 1. The van der Waals surface area contributed by atoms with Crippen molar-refractivity contribution in [1.29, 1.82) is 0 Å². The number of amidine groups is 1. The number of aliphatic imine (C=N–C) groups is 1. The van der Waals surface area contributed by atoms with Crippen LogP contribution in [0.4, 0.5) is 10.6 Å². The van der Waals surface area contributed by atoms with E-state index in [1.54, 1.807) is 38.7 Å². The molecule has 0 spiro atoms. The first kappa shape index (κ1) is 33.3. The lowest BCUT2D eigenvalue weighted by Gasteiger charge is -2.35. The molecule has 1 fully saturated rings. The maximum atomic E-state index is 13.8. The molecule has 14 heteroatoms. The van der Waals surface area contributed by atoms with Gasteiger partial charge >= 0.3 is 12.1 Å². The monoisotopic (exact) mass is 623 g/mol. The van der Waals surface area contributed by atoms with E-state index >= 15 is 0 Å². The van der Waals surface area contributed by atoms with Crippen molar-refractivity contribution in [1.82, 2.24) is 25.2 Å². The molecule has 2 amide bonds. The molecule has 1 aromatic heterocycles. The third-order valence-corrected chi connectivity index (χ3v) is 6.99. The summed E-state index contributed by atoms with van der Waals surface area (Å²) in [6.07, 6.45) is -0.886. The van der Waals surface area contributed by atoms with E-state index in [1.807, 2.05) is 42.2 Å². The molecule has 2 aliphatic heterocycles. The quantitative estimate of drug-likeness (QED) is 0.388. The molecule has 2 aliphatic rings. The topological polar surface area (TPSA) is 156 Å². The average Bonchev–Trinajstić information content (AvgIpc) is 3.44. The zero-order valence-electron chi connectivity index (χ0n) is 26.4. The fourth-order valence-corrected chi connectivity index (χ4v) is 4.86. The van der Waals surface area contributed by atoms with Crippen molar-refractivity contribution in [3.63, 3.8) is 0 Å². The maximum Gasteiger partial charge on any atom is 0.527 e. The Morgan fingerprint density at radius 3 is 2.33 bits per heavy atom. The number of aromatic nitrogens is 2. The van der Waals surface area contributed by atoms with Crippen LogP contribution in [0.1, 0.15) is 57.9 Å². The van der Waals surface area contributed by atoms with E-state index < -0.39 is 29.7 Å². The smallest absolute Gasteiger partial charge is 0.460 e. The Kier molecular flexibility index (Phi) is 11.0. The van der Waals surface area contributed by atoms with E-state index in [-0.39, 0.29) is 57.2 Å². The number of ether oxygens (including phenoxy) is 2. The largest absolute Gasteiger partial charge is 0.527 e. The van der Waals surface area contributed by atoms with Gasteiger partial charge < -0.3 is 29.4 Å². The van der Waals surface area contributed by atoms with E-state index in [1.165, 1.54) is 5.06 Å². The van der Waals surface area contributed by atoms with Gasteiger partial charge in [-0.25, -0.2) is 14.8 Å². The number of esters is 1. The number of benzene rings is 1. The van der Waals surface area contributed by atoms with Gasteiger partial charge in [0.25, 0.3) is 5.91 Å². The van der Waals surface area contributed by atoms with Gasteiger partial charge in [0.1, 0.15) is 29.0 Å².